The van der Waals surface area contributed by atoms with Gasteiger partial charge in [-0.05, 0) is 30.9 Å². The number of nitro benzene ring substituents is 1. The lowest BCUT2D eigenvalue weighted by Gasteiger charge is -2.08. The molecule has 0 aliphatic carbocycles. The monoisotopic (exact) mass is 282 g/mol. The number of halogens is 1. The van der Waals surface area contributed by atoms with Crippen LogP contribution in [0.2, 0.25) is 0 Å². The molecule has 0 aromatic heterocycles. The fourth-order valence-electron chi connectivity index (χ4n) is 2.10. The Morgan fingerprint density at radius 3 is 3.00 bits per heavy atom. The standard InChI is InChI=1S/C13H15FN2O4/c14-11-2-1-10(7-12(11)16(18)19)13(17)15-5-3-9-4-6-20-8-9/h1-2,7,9H,3-6,8H2,(H,15,17). The molecule has 1 N–H and O–H groups in total. The Morgan fingerprint density at radius 2 is 2.35 bits per heavy atom. The quantitative estimate of drug-likeness (QED) is 0.660. The lowest BCUT2D eigenvalue weighted by atomic mass is 10.1. The van der Waals surface area contributed by atoms with Gasteiger partial charge in [-0.2, -0.15) is 4.39 Å². The van der Waals surface area contributed by atoms with E-state index >= 15 is 0 Å². The van der Waals surface area contributed by atoms with Crippen molar-refractivity contribution < 1.29 is 18.8 Å². The molecule has 6 nitrogen and oxygen atoms in total. The average Bonchev–Trinajstić information content (AvgIpc) is 2.92. The summed E-state index contributed by atoms with van der Waals surface area (Å²) in [6, 6.07) is 3.11. The summed E-state index contributed by atoms with van der Waals surface area (Å²) in [5, 5.41) is 13.3. The molecule has 1 unspecified atom stereocenters. The van der Waals surface area contributed by atoms with Crippen LogP contribution in [-0.4, -0.2) is 30.6 Å². The number of nitrogens with zero attached hydrogens (tertiary/aromatic N) is 1. The van der Waals surface area contributed by atoms with Gasteiger partial charge >= 0.3 is 5.69 Å². The minimum absolute atomic E-state index is 0.0840. The second kappa shape index (κ2) is 6.42. The highest BCUT2D eigenvalue weighted by atomic mass is 19.1. The van der Waals surface area contributed by atoms with E-state index in [0.29, 0.717) is 19.1 Å². The minimum Gasteiger partial charge on any atom is -0.381 e. The van der Waals surface area contributed by atoms with Gasteiger partial charge in [-0.3, -0.25) is 14.9 Å². The SMILES string of the molecule is O=C(NCCC1CCOC1)c1ccc(F)c([N+](=O)[O-])c1. The molecule has 1 saturated heterocycles. The first-order valence-electron chi connectivity index (χ1n) is 6.38. The zero-order valence-electron chi connectivity index (χ0n) is 10.8. The average molecular weight is 282 g/mol. The molecule has 0 radical (unpaired) electrons. The van der Waals surface area contributed by atoms with Gasteiger partial charge in [0, 0.05) is 31.4 Å². The Morgan fingerprint density at radius 1 is 1.55 bits per heavy atom. The van der Waals surface area contributed by atoms with Crippen LogP contribution in [0.4, 0.5) is 10.1 Å². The summed E-state index contributed by atoms with van der Waals surface area (Å²) in [5.41, 5.74) is -0.609. The van der Waals surface area contributed by atoms with Gasteiger partial charge < -0.3 is 10.1 Å². The van der Waals surface area contributed by atoms with E-state index in [1.54, 1.807) is 0 Å². The number of carbonyl (C=O) groups excluding carboxylic acids is 1. The summed E-state index contributed by atoms with van der Waals surface area (Å²) in [4.78, 5) is 21.6. The first-order valence-corrected chi connectivity index (χ1v) is 6.38. The van der Waals surface area contributed by atoms with E-state index in [2.05, 4.69) is 5.32 Å². The third-order valence-corrected chi connectivity index (χ3v) is 3.27. The number of nitro groups is 1. The van der Waals surface area contributed by atoms with E-state index in [4.69, 9.17) is 4.74 Å². The zero-order valence-corrected chi connectivity index (χ0v) is 10.8. The molecule has 0 spiro atoms. The van der Waals surface area contributed by atoms with Gasteiger partial charge in [0.15, 0.2) is 0 Å². The third-order valence-electron chi connectivity index (χ3n) is 3.27. The van der Waals surface area contributed by atoms with E-state index in [0.717, 1.165) is 31.6 Å². The summed E-state index contributed by atoms with van der Waals surface area (Å²) >= 11 is 0. The smallest absolute Gasteiger partial charge is 0.305 e. The second-order valence-corrected chi connectivity index (χ2v) is 4.70. The van der Waals surface area contributed by atoms with Gasteiger partial charge in [-0.15, -0.1) is 0 Å². The van der Waals surface area contributed by atoms with E-state index in [9.17, 15) is 19.3 Å². The van der Waals surface area contributed by atoms with Crippen LogP contribution in [0.1, 0.15) is 23.2 Å². The van der Waals surface area contributed by atoms with Gasteiger partial charge in [0.2, 0.25) is 5.82 Å². The van der Waals surface area contributed by atoms with Gasteiger partial charge in [-0.1, -0.05) is 0 Å². The summed E-state index contributed by atoms with van der Waals surface area (Å²) < 4.78 is 18.4. The predicted molar refractivity (Wildman–Crippen MR) is 68.9 cm³/mol. The number of nitrogens with one attached hydrogen (secondary N) is 1. The van der Waals surface area contributed by atoms with Crippen molar-refractivity contribution in [2.75, 3.05) is 19.8 Å². The van der Waals surface area contributed by atoms with Crippen LogP contribution in [0, 0.1) is 21.8 Å². The molecule has 1 fully saturated rings. The van der Waals surface area contributed by atoms with Crippen LogP contribution in [-0.2, 0) is 4.74 Å². The summed E-state index contributed by atoms with van der Waals surface area (Å²) in [6.07, 6.45) is 1.78. The molecule has 1 aromatic carbocycles. The van der Waals surface area contributed by atoms with Crippen LogP contribution in [0.25, 0.3) is 0 Å². The normalized spacial score (nSPS) is 17.9. The fraction of sp³-hybridized carbons (Fsp3) is 0.462. The van der Waals surface area contributed by atoms with Crippen molar-refractivity contribution in [2.24, 2.45) is 5.92 Å². The molecular formula is C13H15FN2O4. The molecule has 1 amide bonds. The van der Waals surface area contributed by atoms with Gasteiger partial charge in [-0.25, -0.2) is 0 Å². The van der Waals surface area contributed by atoms with Crippen LogP contribution in [0.5, 0.6) is 0 Å². The van der Waals surface area contributed by atoms with E-state index < -0.39 is 22.3 Å². The highest BCUT2D eigenvalue weighted by Crippen LogP contribution is 2.19. The second-order valence-electron chi connectivity index (χ2n) is 4.70. The lowest BCUT2D eigenvalue weighted by molar-refractivity contribution is -0.387. The predicted octanol–water partition coefficient (Wildman–Crippen LogP) is 1.89. The van der Waals surface area contributed by atoms with Crippen molar-refractivity contribution in [1.29, 1.82) is 0 Å². The largest absolute Gasteiger partial charge is 0.381 e. The van der Waals surface area contributed by atoms with Gasteiger partial charge in [0.1, 0.15) is 0 Å². The van der Waals surface area contributed by atoms with Crippen LogP contribution < -0.4 is 5.32 Å². The topological polar surface area (TPSA) is 81.5 Å². The molecular weight excluding hydrogens is 267 g/mol. The number of amides is 1. The van der Waals surface area contributed by atoms with Crippen molar-refractivity contribution >= 4 is 11.6 Å². The molecule has 1 aliphatic rings. The van der Waals surface area contributed by atoms with E-state index in [1.165, 1.54) is 6.07 Å². The highest BCUT2D eigenvalue weighted by Gasteiger charge is 2.18. The molecule has 0 saturated carbocycles. The van der Waals surface area contributed by atoms with Crippen LogP contribution >= 0.6 is 0 Å². The number of carbonyl (C=O) groups is 1. The lowest BCUT2D eigenvalue weighted by Crippen LogP contribution is -2.26. The molecule has 108 valence electrons. The number of hydrogen-bond acceptors (Lipinski definition) is 4. The molecule has 0 bridgehead atoms. The molecule has 7 heteroatoms. The number of hydrogen-bond donors (Lipinski definition) is 1. The van der Waals surface area contributed by atoms with Crippen LogP contribution in [0.3, 0.4) is 0 Å². The van der Waals surface area contributed by atoms with Crippen molar-refractivity contribution in [3.8, 4) is 0 Å². The maximum absolute atomic E-state index is 13.2. The Balaban J connectivity index is 1.91. The van der Waals surface area contributed by atoms with Crippen molar-refractivity contribution in [2.45, 2.75) is 12.8 Å². The number of ether oxygens (including phenoxy) is 1. The Bertz CT molecular complexity index is 515. The maximum atomic E-state index is 13.2. The van der Waals surface area contributed by atoms with Crippen molar-refractivity contribution in [3.05, 3.63) is 39.7 Å². The maximum Gasteiger partial charge on any atom is 0.305 e. The molecule has 1 heterocycles. The molecule has 20 heavy (non-hydrogen) atoms. The molecule has 1 aliphatic heterocycles. The van der Waals surface area contributed by atoms with Gasteiger partial charge in [0.05, 0.1) is 4.92 Å². The highest BCUT2D eigenvalue weighted by molar-refractivity contribution is 5.94. The Hall–Kier alpha value is -2.02. The first kappa shape index (κ1) is 14.4. The van der Waals surface area contributed by atoms with Gasteiger partial charge in [0.25, 0.3) is 5.91 Å². The molecule has 1 aromatic rings. The number of rotatable bonds is 5. The summed E-state index contributed by atoms with van der Waals surface area (Å²) in [5.74, 6) is -0.945. The summed E-state index contributed by atoms with van der Waals surface area (Å²) in [7, 11) is 0. The summed E-state index contributed by atoms with van der Waals surface area (Å²) in [6.45, 7) is 1.93. The van der Waals surface area contributed by atoms with Crippen LogP contribution in [0.15, 0.2) is 18.2 Å². The minimum atomic E-state index is -0.949. The van der Waals surface area contributed by atoms with E-state index in [1.807, 2.05) is 0 Å². The van der Waals surface area contributed by atoms with Crippen molar-refractivity contribution in [3.63, 3.8) is 0 Å². The Labute approximate surface area is 115 Å². The first-order chi connectivity index (χ1) is 9.58. The van der Waals surface area contributed by atoms with E-state index in [-0.39, 0.29) is 5.56 Å². The molecule has 1 atom stereocenters. The Kier molecular flexibility index (Phi) is 4.62. The van der Waals surface area contributed by atoms with Crippen molar-refractivity contribution in [1.82, 2.24) is 5.32 Å². The zero-order chi connectivity index (χ0) is 14.5. The number of benzene rings is 1. The molecule has 2 rings (SSSR count). The third kappa shape index (κ3) is 3.51. The fourth-order valence-corrected chi connectivity index (χ4v) is 2.10.